The van der Waals surface area contributed by atoms with Gasteiger partial charge in [-0.25, -0.2) is 29.5 Å². The molecule has 3 amide bonds. The quantitative estimate of drug-likeness (QED) is 0.0559. The zero-order valence-electron chi connectivity index (χ0n) is 63.6. The van der Waals surface area contributed by atoms with Crippen LogP contribution >= 0.6 is 0 Å². The van der Waals surface area contributed by atoms with Gasteiger partial charge in [0, 0.05) is 154 Å². The van der Waals surface area contributed by atoms with Crippen molar-refractivity contribution in [1.29, 1.82) is 0 Å². The van der Waals surface area contributed by atoms with Crippen LogP contribution in [-0.4, -0.2) is 258 Å². The molecule has 2 aromatic heterocycles. The fourth-order valence-electron chi connectivity index (χ4n) is 15.7. The smallest absolute Gasteiger partial charge is 0.410 e. The molecule has 105 heavy (non-hydrogen) atoms. The molecular formula is C78H114N10O17. The molecule has 2 bridgehead atoms. The van der Waals surface area contributed by atoms with Crippen LogP contribution in [0.2, 0.25) is 0 Å². The Hall–Kier alpha value is -7.24. The Labute approximate surface area is 618 Å². The molecule has 27 heteroatoms. The first-order valence-corrected chi connectivity index (χ1v) is 38.0. The fourth-order valence-corrected chi connectivity index (χ4v) is 15.7. The summed E-state index contributed by atoms with van der Waals surface area (Å²) in [6.45, 7) is 21.8. The topological polar surface area (TPSA) is 313 Å². The number of methoxy groups -OCH3 is 3. The van der Waals surface area contributed by atoms with Crippen molar-refractivity contribution in [3.05, 3.63) is 83.0 Å². The average molecular weight is 1460 g/mol. The Bertz CT molecular complexity index is 3440. The van der Waals surface area contributed by atoms with Crippen LogP contribution in [-0.2, 0) is 74.9 Å². The van der Waals surface area contributed by atoms with Crippen LogP contribution in [0.25, 0.3) is 0 Å². The first kappa shape index (κ1) is 81.8. The summed E-state index contributed by atoms with van der Waals surface area (Å²) in [4.78, 5) is 141. The number of cyclic esters (lactones) is 1. The highest BCUT2D eigenvalue weighted by Crippen LogP contribution is 2.39. The van der Waals surface area contributed by atoms with Crippen LogP contribution in [0.15, 0.2) is 66.2 Å². The van der Waals surface area contributed by atoms with E-state index in [1.54, 1.807) is 64.6 Å². The van der Waals surface area contributed by atoms with Crippen LogP contribution in [0.1, 0.15) is 160 Å². The summed E-state index contributed by atoms with van der Waals surface area (Å²) < 4.78 is 42.4. The highest BCUT2D eigenvalue weighted by molar-refractivity contribution is 6.39. The number of fused-ring (bicyclic) bond motifs is 4. The van der Waals surface area contributed by atoms with Gasteiger partial charge >= 0.3 is 12.1 Å². The molecule has 1 saturated carbocycles. The third kappa shape index (κ3) is 21.6. The number of piperidine rings is 1. The molecule has 578 valence electrons. The molecule has 0 spiro atoms. The number of ketones is 4. The number of carbonyl (C=O) groups is 8. The van der Waals surface area contributed by atoms with Gasteiger partial charge in [-0.3, -0.25) is 33.7 Å². The Morgan fingerprint density at radius 1 is 0.743 bits per heavy atom. The van der Waals surface area contributed by atoms with Crippen LogP contribution in [0.3, 0.4) is 0 Å². The van der Waals surface area contributed by atoms with E-state index in [1.807, 2.05) is 63.0 Å². The lowest BCUT2D eigenvalue weighted by molar-refractivity contribution is -0.265. The molecule has 0 radical (unpaired) electrons. The lowest BCUT2D eigenvalue weighted by Gasteiger charge is -2.42. The molecule has 8 heterocycles. The van der Waals surface area contributed by atoms with Crippen LogP contribution in [0.4, 0.5) is 16.7 Å². The van der Waals surface area contributed by atoms with Crippen molar-refractivity contribution < 1.29 is 81.7 Å². The second-order valence-corrected chi connectivity index (χ2v) is 30.1. The van der Waals surface area contributed by atoms with E-state index in [0.717, 1.165) is 49.6 Å². The number of esters is 1. The molecule has 6 aliphatic heterocycles. The number of anilines is 2. The molecule has 0 aromatic carbocycles. The number of aliphatic hydroxyl groups excluding tert-OH is 1. The van der Waals surface area contributed by atoms with Crippen LogP contribution in [0, 0.1) is 35.5 Å². The van der Waals surface area contributed by atoms with Gasteiger partial charge in [0.05, 0.1) is 55.7 Å². The molecule has 5 fully saturated rings. The minimum atomic E-state index is -2.48. The van der Waals surface area contributed by atoms with Gasteiger partial charge in [-0.15, -0.1) is 0 Å². The lowest BCUT2D eigenvalue weighted by Crippen LogP contribution is -2.61. The van der Waals surface area contributed by atoms with E-state index in [4.69, 9.17) is 43.1 Å². The Morgan fingerprint density at radius 2 is 1.46 bits per heavy atom. The molecule has 0 unspecified atom stereocenters. The first-order valence-electron chi connectivity index (χ1n) is 38.0. The number of Topliss-reactive ketones (excluding diaryl/α,β-unsaturated/α-hetero) is 4. The van der Waals surface area contributed by atoms with Crippen molar-refractivity contribution >= 4 is 58.9 Å². The fraction of sp³-hybridized carbons (Fsp3) is 0.692. The SMILES string of the molecule is CO[C@H]1C[C@@H]2CC[C@@H](C)[C@@](O)(O2)C(=O)C(=O)N2CCCC[C@H]2C(=O)O[C@H]([C@H](C)C[C@@H]2CC[C@@H](OC(=O)N3CCc4nc(N5CCN(C(=O)CCOCCN6CCN(c7ncc(C(C)=O)cn7)CC6)CC5)ncc4C3)[C@H](OC)C2)CC(=O)[C@H](C)/C=C(\C)[C@@H](O)[C@@H](OC)C(=O)[C@H](C)C[C@H](C)/C=C/C=C/C=C/1C. The van der Waals surface area contributed by atoms with E-state index in [1.165, 1.54) is 18.9 Å². The third-order valence-corrected chi connectivity index (χ3v) is 22.5. The van der Waals surface area contributed by atoms with Crippen molar-refractivity contribution in [3.63, 3.8) is 0 Å². The van der Waals surface area contributed by atoms with Gasteiger partial charge < -0.3 is 67.9 Å². The minimum absolute atomic E-state index is 0.0165. The predicted molar refractivity (Wildman–Crippen MR) is 390 cm³/mol. The molecule has 1 aliphatic carbocycles. The summed E-state index contributed by atoms with van der Waals surface area (Å²) in [5, 5.41) is 23.8. The third-order valence-electron chi connectivity index (χ3n) is 22.5. The molecule has 9 rings (SSSR count). The van der Waals surface area contributed by atoms with Crippen molar-refractivity contribution in [2.45, 2.75) is 206 Å². The lowest BCUT2D eigenvalue weighted by atomic mass is 9.78. The van der Waals surface area contributed by atoms with Crippen LogP contribution < -0.4 is 9.80 Å². The van der Waals surface area contributed by atoms with Gasteiger partial charge in [-0.1, -0.05) is 71.1 Å². The number of rotatable bonds is 16. The number of allylic oxidation sites excluding steroid dienone is 6. The molecule has 2 aromatic rings. The monoisotopic (exact) mass is 1460 g/mol. The van der Waals surface area contributed by atoms with Crippen molar-refractivity contribution in [2.24, 2.45) is 35.5 Å². The maximum absolute atomic E-state index is 14.8. The van der Waals surface area contributed by atoms with E-state index in [0.29, 0.717) is 140 Å². The highest BCUT2D eigenvalue weighted by Gasteiger charge is 2.53. The standard InChI is InChI=1S/C78H114N10O17/c1-49-17-13-12-14-18-50(2)65(99-9)43-60-22-20-55(7)78(98,105-60)72(94)73(95)88-26-16-15-19-62(88)74(96)103-66(44-63(90)51(3)40-54(6)70(93)71(101-11)69(92)53(5)39-49)52(4)41-57-21-23-64(67(42-57)100-10)104-77(97)87-27-24-61-59(48-87)47-81-76(82-61)86-34-32-84(33-35-86)68(91)25-37-102-38-36-83-28-30-85(31-29-83)75-79-45-58(46-80-75)56(8)89/h12-14,17-18,40,45-47,49,51-53,55,57,60,62,64-67,70-71,93,98H,15-16,19-39,41-44,48H2,1-11H3/b14-12+,17-13+,50-18+,54-40+/t49-,51-,52-,53-,55-,57+,60+,62+,64-,65+,66+,67-,70-,71+,78-/m1/s1. The van der Waals surface area contributed by atoms with Crippen molar-refractivity contribution in [1.82, 2.24) is 39.5 Å². The van der Waals surface area contributed by atoms with Crippen LogP contribution in [0.5, 0.6) is 0 Å². The number of aromatic nitrogens is 4. The summed E-state index contributed by atoms with van der Waals surface area (Å²) in [6, 6.07) is -1.21. The highest BCUT2D eigenvalue weighted by atomic mass is 16.6. The Balaban J connectivity index is 0.789. The Kier molecular flexibility index (Phi) is 30.0. The number of hydrogen-bond acceptors (Lipinski definition) is 24. The molecule has 7 aliphatic rings. The average Bonchev–Trinajstić information content (AvgIpc) is 0.779. The van der Waals surface area contributed by atoms with Crippen molar-refractivity contribution in [2.75, 3.05) is 116 Å². The summed E-state index contributed by atoms with van der Waals surface area (Å²) >= 11 is 0. The number of piperazine rings is 2. The number of hydrogen-bond donors (Lipinski definition) is 2. The zero-order chi connectivity index (χ0) is 75.6. The van der Waals surface area contributed by atoms with E-state index in [2.05, 4.69) is 24.7 Å². The number of aliphatic hydroxyl groups is 2. The van der Waals surface area contributed by atoms with Crippen molar-refractivity contribution in [3.8, 4) is 0 Å². The number of carbonyl (C=O) groups excluding carboxylic acids is 8. The first-order chi connectivity index (χ1) is 50.3. The molecule has 2 N–H and O–H groups in total. The summed E-state index contributed by atoms with van der Waals surface area (Å²) in [7, 11) is 4.53. The number of nitrogens with zero attached hydrogens (tertiary/aromatic N) is 10. The van der Waals surface area contributed by atoms with Gasteiger partial charge in [-0.2, -0.15) is 0 Å². The van der Waals surface area contributed by atoms with Gasteiger partial charge in [0.2, 0.25) is 23.6 Å². The van der Waals surface area contributed by atoms with Gasteiger partial charge in [0.25, 0.3) is 11.7 Å². The maximum atomic E-state index is 14.8. The maximum Gasteiger partial charge on any atom is 0.410 e. The number of amides is 3. The summed E-state index contributed by atoms with van der Waals surface area (Å²) in [5.41, 5.74) is 3.38. The van der Waals surface area contributed by atoms with E-state index >= 15 is 0 Å². The molecular weight excluding hydrogens is 1350 g/mol. The molecule has 27 nitrogen and oxygen atoms in total. The zero-order valence-corrected chi connectivity index (χ0v) is 63.6. The van der Waals surface area contributed by atoms with E-state index in [9.17, 15) is 48.6 Å². The molecule has 4 saturated heterocycles. The largest absolute Gasteiger partial charge is 0.460 e. The van der Waals surface area contributed by atoms with E-state index < -0.39 is 102 Å². The second kappa shape index (κ2) is 38.5. The normalized spacial score (nSPS) is 32.0. The van der Waals surface area contributed by atoms with Gasteiger partial charge in [0.1, 0.15) is 36.2 Å². The van der Waals surface area contributed by atoms with E-state index in [-0.39, 0.29) is 67.4 Å². The Morgan fingerprint density at radius 3 is 2.16 bits per heavy atom. The minimum Gasteiger partial charge on any atom is -0.460 e. The van der Waals surface area contributed by atoms with Gasteiger partial charge in [0.15, 0.2) is 11.6 Å². The number of ether oxygens (including phenoxy) is 7. The van der Waals surface area contributed by atoms with Gasteiger partial charge in [-0.05, 0) is 114 Å². The predicted octanol–water partition coefficient (Wildman–Crippen LogP) is 7.04. The molecule has 15 atom stereocenters. The summed E-state index contributed by atoms with van der Waals surface area (Å²) in [6.07, 6.45) is 15.3. The second-order valence-electron chi connectivity index (χ2n) is 30.1. The summed E-state index contributed by atoms with van der Waals surface area (Å²) in [5.74, 6) is -7.45.